The summed E-state index contributed by atoms with van der Waals surface area (Å²) in [6.45, 7) is 12.0. The zero-order chi connectivity index (χ0) is 73.0. The molecule has 0 amide bonds. The summed E-state index contributed by atoms with van der Waals surface area (Å²) >= 11 is 0. The van der Waals surface area contributed by atoms with Crippen LogP contribution in [0.5, 0.6) is 0 Å². The number of phosphoric ester groups is 2. The Labute approximate surface area is 607 Å². The summed E-state index contributed by atoms with van der Waals surface area (Å²) in [6.07, 6.45) is 58.1. The maximum absolute atomic E-state index is 13.1. The summed E-state index contributed by atoms with van der Waals surface area (Å²) in [6, 6.07) is 0. The van der Waals surface area contributed by atoms with Gasteiger partial charge in [0.2, 0.25) is 0 Å². The van der Waals surface area contributed by atoms with Crippen molar-refractivity contribution in [3.05, 3.63) is 0 Å². The lowest BCUT2D eigenvalue weighted by Crippen LogP contribution is -2.30. The Morgan fingerprint density at radius 1 is 0.293 bits per heavy atom. The minimum Gasteiger partial charge on any atom is -0.462 e. The van der Waals surface area contributed by atoms with Crippen LogP contribution < -0.4 is 0 Å². The highest BCUT2D eigenvalue weighted by Crippen LogP contribution is 2.45. The van der Waals surface area contributed by atoms with Crippen LogP contribution in [0.3, 0.4) is 0 Å². The largest absolute Gasteiger partial charge is 0.472 e. The number of esters is 4. The molecule has 3 unspecified atom stereocenters. The topological polar surface area (TPSA) is 237 Å². The van der Waals surface area contributed by atoms with Crippen LogP contribution in [0.15, 0.2) is 0 Å². The lowest BCUT2D eigenvalue weighted by molar-refractivity contribution is -0.161. The molecule has 588 valence electrons. The van der Waals surface area contributed by atoms with Gasteiger partial charge in [0.25, 0.3) is 0 Å². The van der Waals surface area contributed by atoms with E-state index < -0.39 is 97.5 Å². The molecular formula is C80H156O17P2. The van der Waals surface area contributed by atoms with Crippen LogP contribution in [-0.4, -0.2) is 96.7 Å². The van der Waals surface area contributed by atoms with Gasteiger partial charge in [0.15, 0.2) is 12.2 Å². The second-order valence-electron chi connectivity index (χ2n) is 30.0. The first-order chi connectivity index (χ1) is 47.8. The predicted octanol–water partition coefficient (Wildman–Crippen LogP) is 23.7. The number of carbonyl (C=O) groups is 4. The van der Waals surface area contributed by atoms with E-state index in [4.69, 9.17) is 37.0 Å². The molecule has 19 heteroatoms. The average molecular weight is 1450 g/mol. The van der Waals surface area contributed by atoms with Gasteiger partial charge < -0.3 is 33.8 Å². The predicted molar refractivity (Wildman–Crippen MR) is 405 cm³/mol. The maximum atomic E-state index is 13.1. The molecule has 0 bridgehead atoms. The molecule has 0 spiro atoms. The van der Waals surface area contributed by atoms with Crippen LogP contribution in [0.2, 0.25) is 0 Å². The molecule has 6 atom stereocenters. The van der Waals surface area contributed by atoms with E-state index >= 15 is 0 Å². The quantitative estimate of drug-likeness (QED) is 0.0222. The van der Waals surface area contributed by atoms with Gasteiger partial charge in [-0.25, -0.2) is 9.13 Å². The van der Waals surface area contributed by atoms with Gasteiger partial charge in [-0.15, -0.1) is 0 Å². The van der Waals surface area contributed by atoms with Crippen molar-refractivity contribution in [2.75, 3.05) is 39.6 Å². The smallest absolute Gasteiger partial charge is 0.462 e. The van der Waals surface area contributed by atoms with Gasteiger partial charge in [0.05, 0.1) is 26.4 Å². The number of carbonyl (C=O) groups excluding carboxylic acids is 4. The fraction of sp³-hybridized carbons (Fsp3) is 0.950. The van der Waals surface area contributed by atoms with Gasteiger partial charge in [-0.05, 0) is 43.4 Å². The van der Waals surface area contributed by atoms with Crippen LogP contribution in [0.25, 0.3) is 0 Å². The van der Waals surface area contributed by atoms with E-state index in [1.807, 2.05) is 0 Å². The number of aliphatic hydroxyl groups excluding tert-OH is 1. The van der Waals surface area contributed by atoms with E-state index in [0.717, 1.165) is 108 Å². The number of aliphatic hydroxyl groups is 1. The molecule has 99 heavy (non-hydrogen) atoms. The first-order valence-corrected chi connectivity index (χ1v) is 44.4. The molecule has 0 saturated heterocycles. The molecule has 0 fully saturated rings. The summed E-state index contributed by atoms with van der Waals surface area (Å²) in [4.78, 5) is 73.0. The number of hydrogen-bond acceptors (Lipinski definition) is 15. The second kappa shape index (κ2) is 70.4. The zero-order valence-electron chi connectivity index (χ0n) is 65.0. The van der Waals surface area contributed by atoms with Crippen molar-refractivity contribution >= 4 is 39.5 Å². The van der Waals surface area contributed by atoms with Crippen LogP contribution in [0.1, 0.15) is 414 Å². The Morgan fingerprint density at radius 3 is 0.768 bits per heavy atom. The standard InChI is InChI=1S/C80H156O17P2/c1-8-10-11-12-13-14-23-33-40-47-54-61-77(82)90-67-76(97-80(85)64-57-50-43-36-29-28-32-39-46-53-60-73(7)9-2)70-95-99(88,89)93-66-74(81)65-92-98(86,87)94-69-75(96-79(84)63-56-49-42-35-27-22-18-16-20-25-31-38-45-52-59-72(5)6)68-91-78(83)62-55-48-41-34-26-21-17-15-19-24-30-37-44-51-58-71(3)4/h71-76,81H,8-70H2,1-7H3,(H,86,87)(H,88,89)/t73?,74-,75-,76-/m1/s1. The lowest BCUT2D eigenvalue weighted by Gasteiger charge is -2.21. The maximum Gasteiger partial charge on any atom is 0.472 e. The van der Waals surface area contributed by atoms with Crippen molar-refractivity contribution < 1.29 is 80.2 Å². The number of unbranched alkanes of at least 4 members (excludes halogenated alkanes) is 45. The highest BCUT2D eigenvalue weighted by molar-refractivity contribution is 7.47. The SMILES string of the molecule is CCCCCCCCCCCCCC(=O)OC[C@H](COP(=O)(O)OC[C@H](O)COP(=O)(O)OC[C@@H](COC(=O)CCCCCCCCCCCCCCCCC(C)C)OC(=O)CCCCCCCCCCCCCCCCC(C)C)OC(=O)CCCCCCCCCCCCC(C)CC. The normalized spacial score (nSPS) is 14.3. The Balaban J connectivity index is 5.26. The van der Waals surface area contributed by atoms with E-state index in [1.54, 1.807) is 0 Å². The first kappa shape index (κ1) is 97.1. The second-order valence-corrected chi connectivity index (χ2v) is 32.9. The Morgan fingerprint density at radius 2 is 0.515 bits per heavy atom. The number of rotatable bonds is 78. The molecular weight excluding hydrogens is 1290 g/mol. The van der Waals surface area contributed by atoms with Crippen molar-refractivity contribution in [1.29, 1.82) is 0 Å². The minimum atomic E-state index is -4.96. The monoisotopic (exact) mass is 1450 g/mol. The van der Waals surface area contributed by atoms with Gasteiger partial charge in [0, 0.05) is 25.7 Å². The van der Waals surface area contributed by atoms with Gasteiger partial charge in [-0.1, -0.05) is 363 Å². The van der Waals surface area contributed by atoms with E-state index in [-0.39, 0.29) is 25.7 Å². The van der Waals surface area contributed by atoms with Crippen LogP contribution >= 0.6 is 15.6 Å². The first-order valence-electron chi connectivity index (χ1n) is 41.4. The van der Waals surface area contributed by atoms with Crippen LogP contribution in [-0.2, 0) is 65.4 Å². The van der Waals surface area contributed by atoms with Crippen molar-refractivity contribution in [3.63, 3.8) is 0 Å². The summed E-state index contributed by atoms with van der Waals surface area (Å²) in [7, 11) is -9.92. The van der Waals surface area contributed by atoms with Gasteiger partial charge in [-0.3, -0.25) is 37.3 Å². The molecule has 0 aromatic heterocycles. The minimum absolute atomic E-state index is 0.106. The fourth-order valence-electron chi connectivity index (χ4n) is 12.3. The molecule has 0 rings (SSSR count). The zero-order valence-corrected chi connectivity index (χ0v) is 66.8. The molecule has 0 aromatic rings. The lowest BCUT2D eigenvalue weighted by atomic mass is 9.99. The highest BCUT2D eigenvalue weighted by Gasteiger charge is 2.30. The Hall–Kier alpha value is -1.94. The van der Waals surface area contributed by atoms with Gasteiger partial charge >= 0.3 is 39.5 Å². The van der Waals surface area contributed by atoms with Crippen LogP contribution in [0, 0.1) is 17.8 Å². The molecule has 0 saturated carbocycles. The molecule has 0 aliphatic rings. The molecule has 0 heterocycles. The third kappa shape index (κ3) is 72.8. The van der Waals surface area contributed by atoms with Crippen molar-refractivity contribution in [2.24, 2.45) is 17.8 Å². The third-order valence-electron chi connectivity index (χ3n) is 19.0. The molecule has 17 nitrogen and oxygen atoms in total. The fourth-order valence-corrected chi connectivity index (χ4v) is 13.9. The Bertz CT molecular complexity index is 1920. The summed E-state index contributed by atoms with van der Waals surface area (Å²) in [5, 5.41) is 10.6. The van der Waals surface area contributed by atoms with E-state index in [2.05, 4.69) is 48.5 Å². The van der Waals surface area contributed by atoms with Crippen molar-refractivity contribution in [1.82, 2.24) is 0 Å². The van der Waals surface area contributed by atoms with Gasteiger partial charge in [-0.2, -0.15) is 0 Å². The summed E-state index contributed by atoms with van der Waals surface area (Å²) in [5.41, 5.74) is 0. The van der Waals surface area contributed by atoms with E-state index in [0.29, 0.717) is 25.7 Å². The number of phosphoric acid groups is 2. The molecule has 0 aliphatic carbocycles. The van der Waals surface area contributed by atoms with Gasteiger partial charge in [0.1, 0.15) is 19.3 Å². The molecule has 3 N–H and O–H groups in total. The Kier molecular flexibility index (Phi) is 69.0. The summed E-state index contributed by atoms with van der Waals surface area (Å²) < 4.78 is 68.7. The van der Waals surface area contributed by atoms with E-state index in [1.165, 1.54) is 225 Å². The molecule has 0 aliphatic heterocycles. The average Bonchev–Trinajstić information content (AvgIpc) is 1.24. The van der Waals surface area contributed by atoms with E-state index in [9.17, 15) is 43.2 Å². The van der Waals surface area contributed by atoms with Crippen molar-refractivity contribution in [2.45, 2.75) is 433 Å². The molecule has 0 radical (unpaired) electrons. The van der Waals surface area contributed by atoms with Crippen molar-refractivity contribution in [3.8, 4) is 0 Å². The summed E-state index contributed by atoms with van der Waals surface area (Å²) in [5.74, 6) is 0.287. The third-order valence-corrected chi connectivity index (χ3v) is 20.9. The highest BCUT2D eigenvalue weighted by atomic mass is 31.2. The number of hydrogen-bond donors (Lipinski definition) is 3. The molecule has 0 aromatic carbocycles. The van der Waals surface area contributed by atoms with Crippen LogP contribution in [0.4, 0.5) is 0 Å². The number of ether oxygens (including phenoxy) is 4.